The number of aromatic nitrogens is 6. The van der Waals surface area contributed by atoms with Crippen LogP contribution in [0.5, 0.6) is 5.75 Å². The molecule has 8 nitrogen and oxygen atoms in total. The summed E-state index contributed by atoms with van der Waals surface area (Å²) in [4.78, 5) is 5.70. The second-order valence-corrected chi connectivity index (χ2v) is 9.72. The molecule has 0 radical (unpaired) electrons. The molecule has 6 rings (SSSR count). The van der Waals surface area contributed by atoms with Gasteiger partial charge in [-0.15, -0.1) is 10.2 Å². The van der Waals surface area contributed by atoms with Crippen LogP contribution in [0, 0.1) is 5.92 Å². The highest BCUT2D eigenvalue weighted by Gasteiger charge is 2.18. The molecule has 0 fully saturated rings. The van der Waals surface area contributed by atoms with Crippen LogP contribution >= 0.6 is 11.8 Å². The van der Waals surface area contributed by atoms with Gasteiger partial charge in [-0.3, -0.25) is 14.1 Å². The van der Waals surface area contributed by atoms with Crippen LogP contribution < -0.4 is 4.74 Å². The SMILES string of the molecule is COc1c(C2=CC(CCO)C=C2)cnc2ccc(Sc3nnc4ccc(-c5cnn(C)c5)cn34)cc12. The van der Waals surface area contributed by atoms with Crippen molar-refractivity contribution in [3.8, 4) is 16.9 Å². The Bertz CT molecular complexity index is 1650. The highest BCUT2D eigenvalue weighted by molar-refractivity contribution is 7.99. The first-order valence-electron chi connectivity index (χ1n) is 11.6. The van der Waals surface area contributed by atoms with Gasteiger partial charge in [0.25, 0.3) is 0 Å². The molecule has 0 spiro atoms. The fraction of sp³-hybridized carbons (Fsp3) is 0.185. The van der Waals surface area contributed by atoms with E-state index in [1.54, 1.807) is 23.6 Å². The lowest BCUT2D eigenvalue weighted by atomic mass is 10.0. The molecule has 0 aliphatic heterocycles. The predicted molar refractivity (Wildman–Crippen MR) is 140 cm³/mol. The van der Waals surface area contributed by atoms with Gasteiger partial charge in [-0.1, -0.05) is 18.2 Å². The van der Waals surface area contributed by atoms with Crippen LogP contribution in [-0.2, 0) is 7.05 Å². The molecule has 180 valence electrons. The number of benzene rings is 1. The van der Waals surface area contributed by atoms with Crippen molar-refractivity contribution in [2.24, 2.45) is 13.0 Å². The van der Waals surface area contributed by atoms with E-state index in [1.807, 2.05) is 60.5 Å². The van der Waals surface area contributed by atoms with Crippen LogP contribution in [0.25, 0.3) is 33.3 Å². The molecule has 1 aliphatic rings. The van der Waals surface area contributed by atoms with Gasteiger partial charge in [0.05, 0.1) is 18.8 Å². The average Bonchev–Trinajstić information content (AvgIpc) is 3.64. The van der Waals surface area contributed by atoms with Crippen molar-refractivity contribution in [3.05, 3.63) is 78.9 Å². The zero-order valence-corrected chi connectivity index (χ0v) is 20.7. The topological polar surface area (TPSA) is 90.4 Å². The van der Waals surface area contributed by atoms with Crippen LogP contribution in [0.3, 0.4) is 0 Å². The third-order valence-corrected chi connectivity index (χ3v) is 7.25. The first kappa shape index (κ1) is 22.5. The minimum atomic E-state index is 0.160. The summed E-state index contributed by atoms with van der Waals surface area (Å²) in [5.74, 6) is 1.01. The first-order chi connectivity index (χ1) is 17.6. The summed E-state index contributed by atoms with van der Waals surface area (Å²) in [5.41, 5.74) is 5.73. The summed E-state index contributed by atoms with van der Waals surface area (Å²) < 4.78 is 9.67. The Morgan fingerprint density at radius 1 is 1.08 bits per heavy atom. The molecular weight excluding hydrogens is 472 g/mol. The predicted octanol–water partition coefficient (Wildman–Crippen LogP) is 4.79. The van der Waals surface area contributed by atoms with Crippen LogP contribution in [0.4, 0.5) is 0 Å². The Balaban J connectivity index is 1.37. The molecule has 0 saturated carbocycles. The summed E-state index contributed by atoms with van der Waals surface area (Å²) in [6.07, 6.45) is 14.8. The first-order valence-corrected chi connectivity index (χ1v) is 12.4. The average molecular weight is 497 g/mol. The molecule has 1 atom stereocenters. The van der Waals surface area contributed by atoms with Gasteiger partial charge in [0, 0.05) is 59.2 Å². The number of hydrogen-bond acceptors (Lipinski definition) is 7. The molecule has 4 heterocycles. The Morgan fingerprint density at radius 2 is 2.00 bits per heavy atom. The van der Waals surface area contributed by atoms with Gasteiger partial charge in [-0.2, -0.15) is 5.10 Å². The Morgan fingerprint density at radius 3 is 2.81 bits per heavy atom. The highest BCUT2D eigenvalue weighted by Crippen LogP contribution is 2.39. The number of methoxy groups -OCH3 is 1. The zero-order chi connectivity index (χ0) is 24.6. The van der Waals surface area contributed by atoms with Crippen molar-refractivity contribution in [2.45, 2.75) is 16.5 Å². The van der Waals surface area contributed by atoms with Crippen molar-refractivity contribution in [1.82, 2.24) is 29.4 Å². The normalized spacial score (nSPS) is 15.2. The van der Waals surface area contributed by atoms with E-state index in [0.29, 0.717) is 6.42 Å². The minimum absolute atomic E-state index is 0.160. The zero-order valence-electron chi connectivity index (χ0n) is 19.9. The molecule has 0 amide bonds. The maximum atomic E-state index is 9.28. The van der Waals surface area contributed by atoms with Gasteiger partial charge in [0.15, 0.2) is 10.8 Å². The monoisotopic (exact) mass is 496 g/mol. The van der Waals surface area contributed by atoms with E-state index in [-0.39, 0.29) is 12.5 Å². The molecule has 1 aromatic carbocycles. The molecule has 1 N–H and O–H groups in total. The lowest BCUT2D eigenvalue weighted by Gasteiger charge is -2.12. The highest BCUT2D eigenvalue weighted by atomic mass is 32.2. The number of nitrogens with zero attached hydrogens (tertiary/aromatic N) is 6. The molecule has 4 aromatic heterocycles. The fourth-order valence-electron chi connectivity index (χ4n) is 4.50. The standard InChI is InChI=1S/C27H24N6O2S/c1-32-15-20(13-29-32)19-5-8-25-30-31-27(33(25)16-19)36-21-6-7-24-22(12-21)26(35-2)23(14-28-24)18-4-3-17(11-18)9-10-34/h3-8,11-17,34H,9-10H2,1-2H3. The number of allylic oxidation sites excluding steroid dienone is 4. The van der Waals surface area contributed by atoms with Crippen LogP contribution in [0.1, 0.15) is 12.0 Å². The Kier molecular flexibility index (Phi) is 5.79. The summed E-state index contributed by atoms with van der Waals surface area (Å²) in [7, 11) is 3.60. The molecule has 1 unspecified atom stereocenters. The summed E-state index contributed by atoms with van der Waals surface area (Å²) in [6, 6.07) is 10.1. The molecule has 9 heteroatoms. The number of hydrogen-bond donors (Lipinski definition) is 1. The van der Waals surface area contributed by atoms with Gasteiger partial charge < -0.3 is 9.84 Å². The molecular formula is C27H24N6O2S. The number of rotatable bonds is 7. The van der Waals surface area contributed by atoms with E-state index < -0.39 is 0 Å². The van der Waals surface area contributed by atoms with Gasteiger partial charge in [0.1, 0.15) is 5.75 Å². The van der Waals surface area contributed by atoms with E-state index in [0.717, 1.165) is 54.6 Å². The van der Waals surface area contributed by atoms with Crippen molar-refractivity contribution >= 4 is 33.9 Å². The van der Waals surface area contributed by atoms with E-state index in [1.165, 1.54) is 0 Å². The van der Waals surface area contributed by atoms with Gasteiger partial charge >= 0.3 is 0 Å². The summed E-state index contributed by atoms with van der Waals surface area (Å²) in [6.45, 7) is 0.160. The minimum Gasteiger partial charge on any atom is -0.495 e. The van der Waals surface area contributed by atoms with Crippen molar-refractivity contribution < 1.29 is 9.84 Å². The Hall–Kier alpha value is -3.95. The molecule has 36 heavy (non-hydrogen) atoms. The number of pyridine rings is 2. The number of aliphatic hydroxyl groups excluding tert-OH is 1. The van der Waals surface area contributed by atoms with Gasteiger partial charge in [0.2, 0.25) is 0 Å². The van der Waals surface area contributed by atoms with E-state index in [2.05, 4.69) is 44.6 Å². The third kappa shape index (κ3) is 4.06. The number of aryl methyl sites for hydroxylation is 1. The Labute approximate surface area is 212 Å². The summed E-state index contributed by atoms with van der Waals surface area (Å²) in [5, 5.41) is 24.0. The second kappa shape index (κ2) is 9.25. The quantitative estimate of drug-likeness (QED) is 0.346. The molecule has 1 aliphatic carbocycles. The van der Waals surface area contributed by atoms with Crippen LogP contribution in [0.2, 0.25) is 0 Å². The fourth-order valence-corrected chi connectivity index (χ4v) is 5.35. The number of aliphatic hydroxyl groups is 1. The maximum absolute atomic E-state index is 9.28. The van der Waals surface area contributed by atoms with Crippen molar-refractivity contribution in [3.63, 3.8) is 0 Å². The second-order valence-electron chi connectivity index (χ2n) is 8.67. The molecule has 0 saturated heterocycles. The van der Waals surface area contributed by atoms with Crippen LogP contribution in [0.15, 0.2) is 83.4 Å². The number of ether oxygens (including phenoxy) is 1. The molecule has 5 aromatic rings. The van der Waals surface area contributed by atoms with E-state index in [4.69, 9.17) is 4.74 Å². The lowest BCUT2D eigenvalue weighted by molar-refractivity contribution is 0.279. The maximum Gasteiger partial charge on any atom is 0.200 e. The lowest BCUT2D eigenvalue weighted by Crippen LogP contribution is -1.95. The van der Waals surface area contributed by atoms with Gasteiger partial charge in [-0.25, -0.2) is 0 Å². The molecule has 0 bridgehead atoms. The van der Waals surface area contributed by atoms with Crippen molar-refractivity contribution in [1.29, 1.82) is 0 Å². The van der Waals surface area contributed by atoms with E-state index in [9.17, 15) is 5.11 Å². The smallest absolute Gasteiger partial charge is 0.200 e. The summed E-state index contributed by atoms with van der Waals surface area (Å²) >= 11 is 1.54. The van der Waals surface area contributed by atoms with E-state index >= 15 is 0 Å². The van der Waals surface area contributed by atoms with Crippen LogP contribution in [-0.4, -0.2) is 48.2 Å². The third-order valence-electron chi connectivity index (χ3n) is 6.30. The van der Waals surface area contributed by atoms with Crippen molar-refractivity contribution in [2.75, 3.05) is 13.7 Å². The van der Waals surface area contributed by atoms with Gasteiger partial charge in [-0.05, 0) is 60.0 Å². The number of fused-ring (bicyclic) bond motifs is 2. The largest absolute Gasteiger partial charge is 0.495 e.